The Hall–Kier alpha value is -3.32. The highest BCUT2D eigenvalue weighted by atomic mass is 32.2. The molecule has 0 aliphatic carbocycles. The molecule has 0 saturated carbocycles. The van der Waals surface area contributed by atoms with Crippen molar-refractivity contribution in [1.82, 2.24) is 14.7 Å². The van der Waals surface area contributed by atoms with Gasteiger partial charge in [-0.25, -0.2) is 4.98 Å². The Kier molecular flexibility index (Phi) is 4.44. The fourth-order valence-corrected chi connectivity index (χ4v) is 4.27. The van der Waals surface area contributed by atoms with Crippen LogP contribution in [0.2, 0.25) is 0 Å². The van der Waals surface area contributed by atoms with Gasteiger partial charge in [0.05, 0.1) is 22.9 Å². The van der Waals surface area contributed by atoms with Crippen molar-refractivity contribution in [1.29, 1.82) is 0 Å². The number of furan rings is 1. The van der Waals surface area contributed by atoms with Gasteiger partial charge in [0.25, 0.3) is 5.56 Å². The third-order valence-electron chi connectivity index (χ3n) is 4.77. The van der Waals surface area contributed by atoms with Crippen molar-refractivity contribution in [2.75, 3.05) is 0 Å². The van der Waals surface area contributed by atoms with E-state index in [1.807, 2.05) is 55.5 Å². The third-order valence-corrected chi connectivity index (χ3v) is 5.78. The van der Waals surface area contributed by atoms with Gasteiger partial charge in [0.1, 0.15) is 0 Å². The second-order valence-corrected chi connectivity index (χ2v) is 7.55. The molecule has 144 valence electrons. The van der Waals surface area contributed by atoms with E-state index in [1.165, 1.54) is 11.8 Å². The molecule has 0 bridgehead atoms. The van der Waals surface area contributed by atoms with Crippen LogP contribution in [0.15, 0.2) is 79.8 Å². The van der Waals surface area contributed by atoms with E-state index in [9.17, 15) is 4.79 Å². The van der Waals surface area contributed by atoms with Crippen LogP contribution in [0.3, 0.4) is 0 Å². The summed E-state index contributed by atoms with van der Waals surface area (Å²) < 4.78 is 12.4. The monoisotopic (exact) mass is 403 g/mol. The van der Waals surface area contributed by atoms with Crippen molar-refractivity contribution >= 4 is 33.4 Å². The van der Waals surface area contributed by atoms with Gasteiger partial charge in [-0.15, -0.1) is 0 Å². The van der Waals surface area contributed by atoms with Crippen LogP contribution in [-0.4, -0.2) is 14.7 Å². The second kappa shape index (κ2) is 7.25. The zero-order chi connectivity index (χ0) is 19.8. The lowest BCUT2D eigenvalue weighted by Crippen LogP contribution is -2.22. The van der Waals surface area contributed by atoms with Crippen molar-refractivity contribution in [3.05, 3.63) is 76.9 Å². The lowest BCUT2D eigenvalue weighted by atomic mass is 10.1. The molecule has 3 heterocycles. The minimum atomic E-state index is -0.0258. The zero-order valence-corrected chi connectivity index (χ0v) is 16.5. The van der Waals surface area contributed by atoms with Crippen LogP contribution < -0.4 is 5.56 Å². The van der Waals surface area contributed by atoms with Crippen LogP contribution in [0.5, 0.6) is 0 Å². The molecular formula is C22H17N3O3S. The first-order chi connectivity index (χ1) is 14.2. The van der Waals surface area contributed by atoms with Gasteiger partial charge in [-0.2, -0.15) is 0 Å². The normalized spacial score (nSPS) is 11.5. The molecule has 0 N–H and O–H groups in total. The van der Waals surface area contributed by atoms with Crippen LogP contribution in [-0.2, 0) is 12.3 Å². The maximum absolute atomic E-state index is 13.1. The smallest absolute Gasteiger partial charge is 0.262 e. The summed E-state index contributed by atoms with van der Waals surface area (Å²) >= 11 is 1.47. The SMILES string of the molecule is CCn1c(SCc2cc(-c3ccco3)on2)nc2cc3ccccc3cc2c1=O. The molecule has 29 heavy (non-hydrogen) atoms. The van der Waals surface area contributed by atoms with E-state index in [4.69, 9.17) is 13.9 Å². The summed E-state index contributed by atoms with van der Waals surface area (Å²) in [6.45, 7) is 2.50. The highest BCUT2D eigenvalue weighted by Gasteiger charge is 2.14. The second-order valence-electron chi connectivity index (χ2n) is 6.61. The van der Waals surface area contributed by atoms with E-state index in [2.05, 4.69) is 5.16 Å². The van der Waals surface area contributed by atoms with E-state index < -0.39 is 0 Å². The number of aromatic nitrogens is 3. The molecule has 3 aromatic heterocycles. The summed E-state index contributed by atoms with van der Waals surface area (Å²) in [4.78, 5) is 17.8. The lowest BCUT2D eigenvalue weighted by molar-refractivity contribution is 0.413. The van der Waals surface area contributed by atoms with Crippen molar-refractivity contribution in [2.45, 2.75) is 24.4 Å². The minimum absolute atomic E-state index is 0.0258. The van der Waals surface area contributed by atoms with Crippen LogP contribution in [0.25, 0.3) is 33.2 Å². The van der Waals surface area contributed by atoms with Crippen LogP contribution in [0, 0.1) is 0 Å². The molecular weight excluding hydrogens is 386 g/mol. The molecule has 2 aromatic carbocycles. The van der Waals surface area contributed by atoms with E-state index in [-0.39, 0.29) is 5.56 Å². The first kappa shape index (κ1) is 17.8. The van der Waals surface area contributed by atoms with Crippen LogP contribution >= 0.6 is 11.8 Å². The standard InChI is InChI=1S/C22H17N3O3S/c1-2-25-21(26)17-10-14-6-3-4-7-15(14)11-18(17)23-22(25)29-13-16-12-20(28-24-16)19-8-5-9-27-19/h3-12H,2,13H2,1H3. The fraction of sp³-hybridized carbons (Fsp3) is 0.136. The van der Waals surface area contributed by atoms with E-state index in [1.54, 1.807) is 16.9 Å². The highest BCUT2D eigenvalue weighted by Crippen LogP contribution is 2.27. The predicted molar refractivity (Wildman–Crippen MR) is 113 cm³/mol. The average Bonchev–Trinajstić information content (AvgIpc) is 3.43. The Bertz CT molecular complexity index is 1370. The van der Waals surface area contributed by atoms with Crippen molar-refractivity contribution in [3.8, 4) is 11.5 Å². The molecule has 7 heteroatoms. The first-order valence-corrected chi connectivity index (χ1v) is 10.3. The Balaban J connectivity index is 1.50. The van der Waals surface area contributed by atoms with Gasteiger partial charge in [-0.1, -0.05) is 41.2 Å². The van der Waals surface area contributed by atoms with Gasteiger partial charge in [-0.05, 0) is 42.0 Å². The summed E-state index contributed by atoms with van der Waals surface area (Å²) in [5.74, 6) is 1.75. The van der Waals surface area contributed by atoms with Gasteiger partial charge in [0.2, 0.25) is 5.76 Å². The summed E-state index contributed by atoms with van der Waals surface area (Å²) in [6.07, 6.45) is 1.59. The molecule has 5 aromatic rings. The number of hydrogen-bond donors (Lipinski definition) is 0. The average molecular weight is 403 g/mol. The molecule has 0 atom stereocenters. The number of thioether (sulfide) groups is 1. The summed E-state index contributed by atoms with van der Waals surface area (Å²) in [5.41, 5.74) is 1.44. The van der Waals surface area contributed by atoms with E-state index in [0.29, 0.717) is 39.9 Å². The highest BCUT2D eigenvalue weighted by molar-refractivity contribution is 7.98. The first-order valence-electron chi connectivity index (χ1n) is 9.28. The number of benzene rings is 2. The zero-order valence-electron chi connectivity index (χ0n) is 15.7. The van der Waals surface area contributed by atoms with Crippen molar-refractivity contribution in [2.24, 2.45) is 0 Å². The Labute approximate surface area is 170 Å². The molecule has 0 aliphatic rings. The molecule has 0 radical (unpaired) electrons. The van der Waals surface area contributed by atoms with Gasteiger partial charge in [0, 0.05) is 18.4 Å². The van der Waals surface area contributed by atoms with Crippen LogP contribution in [0.1, 0.15) is 12.6 Å². The Morgan fingerprint density at radius 2 is 1.86 bits per heavy atom. The number of rotatable bonds is 5. The summed E-state index contributed by atoms with van der Waals surface area (Å²) in [6, 6.07) is 17.4. The fourth-order valence-electron chi connectivity index (χ4n) is 3.33. The van der Waals surface area contributed by atoms with E-state index in [0.717, 1.165) is 16.5 Å². The molecule has 0 fully saturated rings. The van der Waals surface area contributed by atoms with Gasteiger partial charge < -0.3 is 8.94 Å². The van der Waals surface area contributed by atoms with Crippen molar-refractivity contribution in [3.63, 3.8) is 0 Å². The number of hydrogen-bond acceptors (Lipinski definition) is 6. The molecule has 0 saturated heterocycles. The maximum atomic E-state index is 13.1. The summed E-state index contributed by atoms with van der Waals surface area (Å²) in [5, 5.41) is 7.51. The molecule has 5 rings (SSSR count). The van der Waals surface area contributed by atoms with Gasteiger partial charge >= 0.3 is 0 Å². The molecule has 6 nitrogen and oxygen atoms in total. The predicted octanol–water partition coefficient (Wildman–Crippen LogP) is 5.11. The number of fused-ring (bicyclic) bond motifs is 2. The lowest BCUT2D eigenvalue weighted by Gasteiger charge is -2.11. The maximum Gasteiger partial charge on any atom is 0.262 e. The van der Waals surface area contributed by atoms with Crippen molar-refractivity contribution < 1.29 is 8.94 Å². The largest absolute Gasteiger partial charge is 0.461 e. The molecule has 0 aliphatic heterocycles. The number of nitrogens with zero attached hydrogens (tertiary/aromatic N) is 3. The third kappa shape index (κ3) is 3.23. The van der Waals surface area contributed by atoms with Gasteiger partial charge in [-0.3, -0.25) is 9.36 Å². The van der Waals surface area contributed by atoms with E-state index >= 15 is 0 Å². The quantitative estimate of drug-likeness (QED) is 0.231. The topological polar surface area (TPSA) is 74.1 Å². The molecule has 0 amide bonds. The van der Waals surface area contributed by atoms with Gasteiger partial charge in [0.15, 0.2) is 10.9 Å². The Morgan fingerprint density at radius 3 is 2.62 bits per heavy atom. The Morgan fingerprint density at radius 1 is 1.03 bits per heavy atom. The van der Waals surface area contributed by atoms with Crippen LogP contribution in [0.4, 0.5) is 0 Å². The minimum Gasteiger partial charge on any atom is -0.461 e. The summed E-state index contributed by atoms with van der Waals surface area (Å²) in [7, 11) is 0. The molecule has 0 unspecified atom stereocenters. The molecule has 0 spiro atoms.